The maximum absolute atomic E-state index is 13.0. The van der Waals surface area contributed by atoms with Crippen molar-refractivity contribution in [3.8, 4) is 0 Å². The Bertz CT molecular complexity index is 1090. The lowest BCUT2D eigenvalue weighted by molar-refractivity contribution is -0.128. The van der Waals surface area contributed by atoms with Gasteiger partial charge in [-0.3, -0.25) is 14.4 Å². The standard InChI is InChI=1S/C25H29N3O5/c1-25(2,3)33-24(32)28(20(29)15-26)14-7-6-13-27-19-12-8-11-18-21(19)23(31)17-10-5-4-9-16(17)22(18)30/h4-5,8-12,27H,6-7,13-15,26H2,1-3H3. The van der Waals surface area contributed by atoms with E-state index in [1.165, 1.54) is 0 Å². The molecule has 0 saturated carbocycles. The van der Waals surface area contributed by atoms with E-state index in [-0.39, 0.29) is 24.7 Å². The van der Waals surface area contributed by atoms with E-state index in [4.69, 9.17) is 10.5 Å². The lowest BCUT2D eigenvalue weighted by atomic mass is 9.83. The number of fused-ring (bicyclic) bond motifs is 2. The zero-order chi connectivity index (χ0) is 24.2. The van der Waals surface area contributed by atoms with E-state index in [0.29, 0.717) is 47.3 Å². The minimum atomic E-state index is -0.721. The van der Waals surface area contributed by atoms with E-state index in [0.717, 1.165) is 4.90 Å². The molecule has 0 aliphatic heterocycles. The van der Waals surface area contributed by atoms with Crippen molar-refractivity contribution in [2.24, 2.45) is 5.73 Å². The molecule has 174 valence electrons. The van der Waals surface area contributed by atoms with Crippen molar-refractivity contribution in [2.45, 2.75) is 39.2 Å². The van der Waals surface area contributed by atoms with Crippen molar-refractivity contribution >= 4 is 29.3 Å². The largest absolute Gasteiger partial charge is 0.443 e. The normalized spacial score (nSPS) is 12.6. The van der Waals surface area contributed by atoms with Crippen LogP contribution < -0.4 is 11.1 Å². The number of carbonyl (C=O) groups is 4. The van der Waals surface area contributed by atoms with Gasteiger partial charge in [-0.25, -0.2) is 9.69 Å². The molecule has 3 N–H and O–H groups in total. The van der Waals surface area contributed by atoms with Gasteiger partial charge in [-0.1, -0.05) is 36.4 Å². The first-order valence-corrected chi connectivity index (χ1v) is 10.9. The summed E-state index contributed by atoms with van der Waals surface area (Å²) in [6.07, 6.45) is 0.410. The van der Waals surface area contributed by atoms with Crippen LogP contribution in [0.3, 0.4) is 0 Å². The third-order valence-electron chi connectivity index (χ3n) is 5.17. The fraction of sp³-hybridized carbons (Fsp3) is 0.360. The zero-order valence-electron chi connectivity index (χ0n) is 19.1. The van der Waals surface area contributed by atoms with Gasteiger partial charge < -0.3 is 15.8 Å². The molecule has 1 aliphatic rings. The molecule has 33 heavy (non-hydrogen) atoms. The molecule has 8 nitrogen and oxygen atoms in total. The second-order valence-corrected chi connectivity index (χ2v) is 8.80. The predicted octanol–water partition coefficient (Wildman–Crippen LogP) is 3.38. The van der Waals surface area contributed by atoms with Crippen LogP contribution in [-0.2, 0) is 9.53 Å². The number of imide groups is 1. The summed E-state index contributed by atoms with van der Waals surface area (Å²) in [6, 6.07) is 12.0. The topological polar surface area (TPSA) is 119 Å². The minimum Gasteiger partial charge on any atom is -0.443 e. The van der Waals surface area contributed by atoms with Crippen molar-refractivity contribution in [1.29, 1.82) is 0 Å². The van der Waals surface area contributed by atoms with Gasteiger partial charge in [-0.2, -0.15) is 0 Å². The van der Waals surface area contributed by atoms with Crippen LogP contribution in [0.15, 0.2) is 42.5 Å². The first-order valence-electron chi connectivity index (χ1n) is 10.9. The third-order valence-corrected chi connectivity index (χ3v) is 5.17. The molecular formula is C25H29N3O5. The highest BCUT2D eigenvalue weighted by atomic mass is 16.6. The molecule has 0 aromatic heterocycles. The molecule has 8 heteroatoms. The zero-order valence-corrected chi connectivity index (χ0v) is 19.1. The van der Waals surface area contributed by atoms with Gasteiger partial charge in [0.15, 0.2) is 11.6 Å². The molecule has 0 heterocycles. The van der Waals surface area contributed by atoms with Gasteiger partial charge in [-0.15, -0.1) is 0 Å². The molecule has 0 unspecified atom stereocenters. The fourth-order valence-corrected chi connectivity index (χ4v) is 3.66. The molecular weight excluding hydrogens is 422 g/mol. The van der Waals surface area contributed by atoms with Crippen LogP contribution in [0.25, 0.3) is 0 Å². The number of hydrogen-bond acceptors (Lipinski definition) is 7. The number of benzene rings is 2. The molecule has 2 amide bonds. The van der Waals surface area contributed by atoms with Crippen LogP contribution in [0, 0.1) is 0 Å². The van der Waals surface area contributed by atoms with E-state index < -0.39 is 17.6 Å². The highest BCUT2D eigenvalue weighted by molar-refractivity contribution is 6.30. The number of anilines is 1. The summed E-state index contributed by atoms with van der Waals surface area (Å²) in [5.41, 5.74) is 6.87. The second kappa shape index (κ2) is 9.95. The number of unbranched alkanes of at least 4 members (excludes halogenated alkanes) is 1. The average Bonchev–Trinajstić information content (AvgIpc) is 2.78. The summed E-state index contributed by atoms with van der Waals surface area (Å²) < 4.78 is 5.29. The summed E-state index contributed by atoms with van der Waals surface area (Å²) in [7, 11) is 0. The molecule has 0 spiro atoms. The number of hydrogen-bond donors (Lipinski definition) is 2. The van der Waals surface area contributed by atoms with Crippen molar-refractivity contribution in [3.63, 3.8) is 0 Å². The van der Waals surface area contributed by atoms with Gasteiger partial charge in [0, 0.05) is 35.5 Å². The Hall–Kier alpha value is -3.52. The second-order valence-electron chi connectivity index (χ2n) is 8.80. The number of amides is 2. The summed E-state index contributed by atoms with van der Waals surface area (Å²) in [4.78, 5) is 51.3. The van der Waals surface area contributed by atoms with Crippen molar-refractivity contribution < 1.29 is 23.9 Å². The van der Waals surface area contributed by atoms with E-state index in [1.54, 1.807) is 63.2 Å². The molecule has 2 aromatic rings. The lowest BCUT2D eigenvalue weighted by Gasteiger charge is -2.26. The number of rotatable bonds is 7. The number of carbonyl (C=O) groups excluding carboxylic acids is 4. The Morgan fingerprint density at radius 2 is 1.58 bits per heavy atom. The quantitative estimate of drug-likeness (QED) is 0.529. The Morgan fingerprint density at radius 3 is 2.21 bits per heavy atom. The van der Waals surface area contributed by atoms with Gasteiger partial charge in [0.1, 0.15) is 5.60 Å². The monoisotopic (exact) mass is 451 g/mol. The first-order chi connectivity index (χ1) is 15.6. The Morgan fingerprint density at radius 1 is 0.939 bits per heavy atom. The third kappa shape index (κ3) is 5.46. The van der Waals surface area contributed by atoms with Crippen molar-refractivity contribution in [1.82, 2.24) is 4.90 Å². The van der Waals surface area contributed by atoms with Crippen LogP contribution >= 0.6 is 0 Å². The average molecular weight is 452 g/mol. The number of nitrogens with one attached hydrogen (secondary N) is 1. The van der Waals surface area contributed by atoms with E-state index in [9.17, 15) is 19.2 Å². The first kappa shape index (κ1) is 24.1. The van der Waals surface area contributed by atoms with Gasteiger partial charge in [0.2, 0.25) is 5.91 Å². The summed E-state index contributed by atoms with van der Waals surface area (Å²) in [6.45, 7) is 5.55. The fourth-order valence-electron chi connectivity index (χ4n) is 3.66. The molecule has 2 aromatic carbocycles. The summed E-state index contributed by atoms with van der Waals surface area (Å²) in [5, 5.41) is 3.22. The Kier molecular flexibility index (Phi) is 7.28. The van der Waals surface area contributed by atoms with E-state index >= 15 is 0 Å². The molecule has 0 bridgehead atoms. The van der Waals surface area contributed by atoms with E-state index in [1.807, 2.05) is 0 Å². The number of nitrogens with zero attached hydrogens (tertiary/aromatic N) is 1. The van der Waals surface area contributed by atoms with Crippen molar-refractivity contribution in [2.75, 3.05) is 25.0 Å². The molecule has 0 atom stereocenters. The minimum absolute atomic E-state index is 0.169. The molecule has 0 saturated heterocycles. The van der Waals surface area contributed by atoms with Crippen LogP contribution in [0.2, 0.25) is 0 Å². The molecule has 0 fully saturated rings. The van der Waals surface area contributed by atoms with Crippen LogP contribution in [0.5, 0.6) is 0 Å². The van der Waals surface area contributed by atoms with Crippen LogP contribution in [-0.4, -0.2) is 53.7 Å². The number of nitrogens with two attached hydrogens (primary N) is 1. The smallest absolute Gasteiger partial charge is 0.417 e. The number of ketones is 2. The highest BCUT2D eigenvalue weighted by Gasteiger charge is 2.31. The SMILES string of the molecule is CC(C)(C)OC(=O)N(CCCCNc1cccc2c1C(=O)c1ccccc1C2=O)C(=O)CN. The van der Waals surface area contributed by atoms with Gasteiger partial charge >= 0.3 is 6.09 Å². The molecule has 3 rings (SSSR count). The molecule has 0 radical (unpaired) electrons. The highest BCUT2D eigenvalue weighted by Crippen LogP contribution is 2.31. The number of ether oxygens (including phenoxy) is 1. The van der Waals surface area contributed by atoms with Crippen LogP contribution in [0.1, 0.15) is 65.5 Å². The van der Waals surface area contributed by atoms with Crippen LogP contribution in [0.4, 0.5) is 10.5 Å². The summed E-state index contributed by atoms with van der Waals surface area (Å²) in [5.74, 6) is -0.859. The maximum Gasteiger partial charge on any atom is 0.417 e. The summed E-state index contributed by atoms with van der Waals surface area (Å²) >= 11 is 0. The lowest BCUT2D eigenvalue weighted by Crippen LogP contribution is -2.44. The maximum atomic E-state index is 13.0. The van der Waals surface area contributed by atoms with Gasteiger partial charge in [0.05, 0.1) is 12.1 Å². The van der Waals surface area contributed by atoms with E-state index in [2.05, 4.69) is 5.32 Å². The van der Waals surface area contributed by atoms with Gasteiger partial charge in [0.25, 0.3) is 0 Å². The van der Waals surface area contributed by atoms with Crippen molar-refractivity contribution in [3.05, 3.63) is 64.7 Å². The van der Waals surface area contributed by atoms with Gasteiger partial charge in [-0.05, 0) is 39.7 Å². The Labute approximate surface area is 193 Å². The Balaban J connectivity index is 1.63. The predicted molar refractivity (Wildman–Crippen MR) is 124 cm³/mol. The molecule has 1 aliphatic carbocycles.